The van der Waals surface area contributed by atoms with Gasteiger partial charge in [0, 0.05) is 12.1 Å². The van der Waals surface area contributed by atoms with Crippen LogP contribution in [0.5, 0.6) is 17.2 Å². The Hall–Kier alpha value is -4.71. The summed E-state index contributed by atoms with van der Waals surface area (Å²) in [6.07, 6.45) is 5.97. The number of amidine groups is 1. The van der Waals surface area contributed by atoms with E-state index in [0.29, 0.717) is 27.3 Å². The first-order valence-electron chi connectivity index (χ1n) is 14.0. The summed E-state index contributed by atoms with van der Waals surface area (Å²) in [6, 6.07) is 17.8. The van der Waals surface area contributed by atoms with Gasteiger partial charge >= 0.3 is 5.69 Å². The molecule has 0 unspecified atom stereocenters. The Morgan fingerprint density at radius 2 is 1.72 bits per heavy atom. The van der Waals surface area contributed by atoms with Gasteiger partial charge in [0.25, 0.3) is 11.6 Å². The Bertz CT molecular complexity index is 1610. The molecular weight excluding hydrogens is 572 g/mol. The molecule has 1 saturated heterocycles. The van der Waals surface area contributed by atoms with E-state index in [-0.39, 0.29) is 30.1 Å². The maximum Gasteiger partial charge on any atom is 0.318 e. The summed E-state index contributed by atoms with van der Waals surface area (Å²) < 4.78 is 11.6. The van der Waals surface area contributed by atoms with Gasteiger partial charge < -0.3 is 9.47 Å². The number of ether oxygens (including phenoxy) is 2. The molecule has 5 rings (SSSR count). The number of nitrogens with zero attached hydrogens (tertiary/aromatic N) is 4. The van der Waals surface area contributed by atoms with Crippen LogP contribution in [0.1, 0.15) is 45.1 Å². The predicted molar refractivity (Wildman–Crippen MR) is 165 cm³/mol. The number of hydrogen-bond donors (Lipinski definition) is 0. The van der Waals surface area contributed by atoms with Crippen molar-refractivity contribution in [2.75, 3.05) is 6.61 Å². The number of thioether (sulfide) groups is 1. The van der Waals surface area contributed by atoms with Gasteiger partial charge in [-0.05, 0) is 79.4 Å². The molecule has 3 aromatic rings. The minimum absolute atomic E-state index is 0.0642. The third kappa shape index (κ3) is 6.69. The molecule has 11 nitrogen and oxygen atoms in total. The molecule has 1 amide bonds. The van der Waals surface area contributed by atoms with Gasteiger partial charge in [-0.3, -0.25) is 29.9 Å². The lowest BCUT2D eigenvalue weighted by molar-refractivity contribution is -0.394. The number of nitro benzene ring substituents is 2. The predicted octanol–water partition coefficient (Wildman–Crippen LogP) is 7.88. The molecule has 2 atom stereocenters. The Labute approximate surface area is 252 Å². The van der Waals surface area contributed by atoms with Crippen LogP contribution < -0.4 is 9.47 Å². The van der Waals surface area contributed by atoms with E-state index < -0.39 is 21.2 Å². The monoisotopic (exact) mass is 602 g/mol. The minimum Gasteiger partial charge on any atom is -0.490 e. The number of amides is 1. The quantitative estimate of drug-likeness (QED) is 0.137. The lowest BCUT2D eigenvalue weighted by Gasteiger charge is -2.35. The standard InChI is InChI=1S/C31H30N4O7S/c1-3-41-28-17-21(13-15-27(28)42-26-16-14-23(34(37)38)19-25(26)35(39)40)18-29-30(36)33(24-12-8-7-9-20(24)2)31(43-29)32-22-10-5-4-6-11-22/h4-6,10-11,13-20,24H,3,7-9,12H2,1-2H3/b29-18-,32-31?/t20-,24-/m0/s1. The zero-order chi connectivity index (χ0) is 30.5. The van der Waals surface area contributed by atoms with Crippen molar-refractivity contribution in [1.29, 1.82) is 0 Å². The van der Waals surface area contributed by atoms with E-state index in [2.05, 4.69) is 6.92 Å². The minimum atomic E-state index is -0.738. The topological polar surface area (TPSA) is 137 Å². The maximum atomic E-state index is 13.8. The Balaban J connectivity index is 1.48. The highest BCUT2D eigenvalue weighted by atomic mass is 32.2. The van der Waals surface area contributed by atoms with E-state index in [0.717, 1.165) is 43.5 Å². The lowest BCUT2D eigenvalue weighted by Crippen LogP contribution is -2.44. The van der Waals surface area contributed by atoms with Gasteiger partial charge in [-0.25, -0.2) is 4.99 Å². The summed E-state index contributed by atoms with van der Waals surface area (Å²) in [7, 11) is 0. The van der Waals surface area contributed by atoms with E-state index >= 15 is 0 Å². The Morgan fingerprint density at radius 1 is 0.977 bits per heavy atom. The van der Waals surface area contributed by atoms with Crippen molar-refractivity contribution in [2.45, 2.75) is 45.6 Å². The first kappa shape index (κ1) is 29.8. The molecule has 1 aliphatic carbocycles. The van der Waals surface area contributed by atoms with E-state index in [4.69, 9.17) is 14.5 Å². The zero-order valence-corrected chi connectivity index (χ0v) is 24.5. The van der Waals surface area contributed by atoms with E-state index in [9.17, 15) is 25.0 Å². The first-order valence-corrected chi connectivity index (χ1v) is 14.8. The molecule has 43 heavy (non-hydrogen) atoms. The summed E-state index contributed by atoms with van der Waals surface area (Å²) in [5.74, 6) is 0.579. The van der Waals surface area contributed by atoms with Gasteiger partial charge in [-0.1, -0.05) is 44.0 Å². The highest BCUT2D eigenvalue weighted by Crippen LogP contribution is 2.42. The molecule has 12 heteroatoms. The lowest BCUT2D eigenvalue weighted by atomic mass is 9.85. The first-order chi connectivity index (χ1) is 20.7. The van der Waals surface area contributed by atoms with Crippen LogP contribution in [-0.2, 0) is 4.79 Å². The number of hydrogen-bond acceptors (Lipinski definition) is 9. The van der Waals surface area contributed by atoms with Crippen molar-refractivity contribution in [1.82, 2.24) is 4.90 Å². The smallest absolute Gasteiger partial charge is 0.318 e. The molecule has 0 bridgehead atoms. The fraction of sp³-hybridized carbons (Fsp3) is 0.290. The highest BCUT2D eigenvalue weighted by molar-refractivity contribution is 8.18. The van der Waals surface area contributed by atoms with Crippen LogP contribution in [0.4, 0.5) is 17.1 Å². The summed E-state index contributed by atoms with van der Waals surface area (Å²) in [5.41, 5.74) is 0.477. The molecule has 1 heterocycles. The third-order valence-electron chi connectivity index (χ3n) is 7.35. The van der Waals surface area contributed by atoms with Crippen molar-refractivity contribution in [2.24, 2.45) is 10.9 Å². The molecular formula is C31H30N4O7S. The number of aliphatic imine (C=N–C) groups is 1. The van der Waals surface area contributed by atoms with Crippen LogP contribution in [0.25, 0.3) is 6.08 Å². The number of para-hydroxylation sites is 1. The van der Waals surface area contributed by atoms with Gasteiger partial charge in [0.05, 0.1) is 33.1 Å². The number of nitro groups is 2. The highest BCUT2D eigenvalue weighted by Gasteiger charge is 2.41. The van der Waals surface area contributed by atoms with E-state index in [1.807, 2.05) is 35.2 Å². The molecule has 3 aromatic carbocycles. The number of benzene rings is 3. The molecule has 2 aliphatic rings. The molecule has 2 fully saturated rings. The second-order valence-corrected chi connectivity index (χ2v) is 11.3. The van der Waals surface area contributed by atoms with Gasteiger partial charge in [-0.2, -0.15) is 0 Å². The number of rotatable bonds is 9. The Kier molecular flexibility index (Phi) is 9.05. The van der Waals surface area contributed by atoms with Crippen LogP contribution in [0.2, 0.25) is 0 Å². The average Bonchev–Trinajstić information content (AvgIpc) is 3.28. The molecule has 222 valence electrons. The zero-order valence-electron chi connectivity index (χ0n) is 23.7. The second kappa shape index (κ2) is 13.1. The van der Waals surface area contributed by atoms with Gasteiger partial charge in [0.15, 0.2) is 16.7 Å². The van der Waals surface area contributed by atoms with Crippen LogP contribution in [-0.4, -0.2) is 38.5 Å². The summed E-state index contributed by atoms with van der Waals surface area (Å²) in [5, 5.41) is 23.4. The van der Waals surface area contributed by atoms with Crippen LogP contribution >= 0.6 is 11.8 Å². The summed E-state index contributed by atoms with van der Waals surface area (Å²) >= 11 is 1.33. The van der Waals surface area contributed by atoms with Crippen molar-refractivity contribution in [3.05, 3.63) is 97.4 Å². The van der Waals surface area contributed by atoms with Crippen LogP contribution in [0, 0.1) is 26.1 Å². The Morgan fingerprint density at radius 3 is 2.42 bits per heavy atom. The van der Waals surface area contributed by atoms with Gasteiger partial charge in [-0.15, -0.1) is 0 Å². The summed E-state index contributed by atoms with van der Waals surface area (Å²) in [4.78, 5) is 42.3. The van der Waals surface area contributed by atoms with Crippen molar-refractivity contribution < 1.29 is 24.1 Å². The SMILES string of the molecule is CCOc1cc(/C=C2\SC(=Nc3ccccc3)N([C@H]3CCCC[C@@H]3C)C2=O)ccc1Oc1ccc([N+](=O)[O-])cc1[N+](=O)[O-]. The molecule has 0 spiro atoms. The second-order valence-electron chi connectivity index (χ2n) is 10.3. The molecule has 0 N–H and O–H groups in total. The van der Waals surface area contributed by atoms with Crippen molar-refractivity contribution >= 4 is 46.0 Å². The average molecular weight is 603 g/mol. The van der Waals surface area contributed by atoms with Crippen LogP contribution in [0.3, 0.4) is 0 Å². The fourth-order valence-electron chi connectivity index (χ4n) is 5.24. The number of carbonyl (C=O) groups excluding carboxylic acids is 1. The molecule has 0 radical (unpaired) electrons. The van der Waals surface area contributed by atoms with Crippen LogP contribution in [0.15, 0.2) is 76.6 Å². The third-order valence-corrected chi connectivity index (χ3v) is 8.33. The molecule has 1 saturated carbocycles. The normalized spacial score (nSPS) is 20.4. The number of carbonyl (C=O) groups is 1. The van der Waals surface area contributed by atoms with Gasteiger partial charge in [0.1, 0.15) is 0 Å². The fourth-order valence-corrected chi connectivity index (χ4v) is 6.28. The van der Waals surface area contributed by atoms with Gasteiger partial charge in [0.2, 0.25) is 5.75 Å². The van der Waals surface area contributed by atoms with E-state index in [1.165, 1.54) is 17.8 Å². The summed E-state index contributed by atoms with van der Waals surface area (Å²) in [6.45, 7) is 4.26. The maximum absolute atomic E-state index is 13.8. The molecule has 1 aliphatic heterocycles. The van der Waals surface area contributed by atoms with E-state index in [1.54, 1.807) is 31.2 Å². The molecule has 0 aromatic heterocycles. The number of non-ortho nitro benzene ring substituents is 1. The van der Waals surface area contributed by atoms with Crippen molar-refractivity contribution in [3.63, 3.8) is 0 Å². The largest absolute Gasteiger partial charge is 0.490 e. The van der Waals surface area contributed by atoms with Crippen molar-refractivity contribution in [3.8, 4) is 17.2 Å².